The molecule has 6 nitrogen and oxygen atoms in total. The summed E-state index contributed by atoms with van der Waals surface area (Å²) in [5, 5.41) is 9.31. The summed E-state index contributed by atoms with van der Waals surface area (Å²) in [6, 6.07) is 31.8. The molecule has 36 heavy (non-hydrogen) atoms. The molecule has 0 aliphatic carbocycles. The molecule has 0 spiro atoms. The number of hydrogen-bond acceptors (Lipinski definition) is 5. The van der Waals surface area contributed by atoms with E-state index in [1.165, 1.54) is 4.90 Å². The van der Waals surface area contributed by atoms with Crippen LogP contribution in [0.25, 0.3) is 33.5 Å². The average molecular weight is 467 g/mol. The molecule has 0 N–H and O–H groups in total. The van der Waals surface area contributed by atoms with Crippen LogP contribution in [0.4, 0.5) is 0 Å². The number of carbonyl (C=O) groups excluding carboxylic acids is 2. The fourth-order valence-electron chi connectivity index (χ4n) is 4.46. The monoisotopic (exact) mass is 466 g/mol. The van der Waals surface area contributed by atoms with E-state index in [2.05, 4.69) is 6.07 Å². The molecule has 170 valence electrons. The highest BCUT2D eigenvalue weighted by Gasteiger charge is 2.34. The van der Waals surface area contributed by atoms with Gasteiger partial charge in [-0.1, -0.05) is 66.7 Å². The van der Waals surface area contributed by atoms with Gasteiger partial charge in [0.05, 0.1) is 51.7 Å². The highest BCUT2D eigenvalue weighted by Crippen LogP contribution is 2.32. The number of carbonyl (C=O) groups is 2. The van der Waals surface area contributed by atoms with E-state index in [0.717, 1.165) is 22.4 Å². The number of nitrogens with zero attached hydrogens (tertiary/aromatic N) is 4. The number of aromatic nitrogens is 2. The van der Waals surface area contributed by atoms with E-state index in [4.69, 9.17) is 9.97 Å². The predicted molar refractivity (Wildman–Crippen MR) is 136 cm³/mol. The summed E-state index contributed by atoms with van der Waals surface area (Å²) in [4.78, 5) is 36.5. The molecule has 0 saturated carbocycles. The van der Waals surface area contributed by atoms with E-state index in [1.54, 1.807) is 36.4 Å². The number of benzene rings is 4. The van der Waals surface area contributed by atoms with Crippen molar-refractivity contribution in [3.63, 3.8) is 0 Å². The van der Waals surface area contributed by atoms with Crippen LogP contribution in [0.5, 0.6) is 0 Å². The van der Waals surface area contributed by atoms with Crippen LogP contribution in [-0.4, -0.2) is 26.7 Å². The third-order valence-corrected chi connectivity index (χ3v) is 6.29. The maximum absolute atomic E-state index is 12.7. The van der Waals surface area contributed by atoms with Crippen LogP contribution in [0.3, 0.4) is 0 Å². The van der Waals surface area contributed by atoms with Gasteiger partial charge in [0.1, 0.15) is 0 Å². The maximum Gasteiger partial charge on any atom is 0.261 e. The van der Waals surface area contributed by atoms with Gasteiger partial charge in [-0.05, 0) is 35.9 Å². The Labute approximate surface area is 207 Å². The number of imide groups is 1. The zero-order valence-corrected chi connectivity index (χ0v) is 19.1. The third kappa shape index (κ3) is 3.60. The largest absolute Gasteiger partial charge is 0.270 e. The molecule has 0 atom stereocenters. The van der Waals surface area contributed by atoms with Gasteiger partial charge in [0.25, 0.3) is 11.8 Å². The van der Waals surface area contributed by atoms with Gasteiger partial charge in [-0.25, -0.2) is 9.97 Å². The molecule has 2 heterocycles. The van der Waals surface area contributed by atoms with Gasteiger partial charge in [-0.3, -0.25) is 14.5 Å². The maximum atomic E-state index is 12.7. The summed E-state index contributed by atoms with van der Waals surface area (Å²) in [6.45, 7) is 0.188. The van der Waals surface area contributed by atoms with Gasteiger partial charge in [0.15, 0.2) is 0 Å². The molecule has 4 aromatic carbocycles. The standard InChI is InChI=1S/C30H18N4O2/c31-17-20-12-15-25-26(16-20)33-28(27(32-25)21-6-2-1-3-7-21)22-13-10-19(11-14-22)18-34-29(35)23-8-4-5-9-24(23)30(34)36/h1-16H,18H2. The van der Waals surface area contributed by atoms with E-state index < -0.39 is 0 Å². The molecular formula is C30H18N4O2. The molecule has 5 aromatic rings. The molecule has 0 fully saturated rings. The molecule has 0 unspecified atom stereocenters. The fraction of sp³-hybridized carbons (Fsp3) is 0.0333. The van der Waals surface area contributed by atoms with Crippen molar-refractivity contribution >= 4 is 22.8 Å². The number of fused-ring (bicyclic) bond motifs is 2. The first-order valence-corrected chi connectivity index (χ1v) is 11.4. The first-order valence-electron chi connectivity index (χ1n) is 11.4. The quantitative estimate of drug-likeness (QED) is 0.320. The lowest BCUT2D eigenvalue weighted by atomic mass is 10.0. The second kappa shape index (κ2) is 8.57. The Bertz CT molecular complexity index is 1670. The molecule has 0 bridgehead atoms. The number of nitriles is 1. The Kier molecular flexibility index (Phi) is 5.09. The molecule has 0 saturated heterocycles. The summed E-state index contributed by atoms with van der Waals surface area (Å²) in [7, 11) is 0. The van der Waals surface area contributed by atoms with Crippen molar-refractivity contribution in [2.24, 2.45) is 0 Å². The summed E-state index contributed by atoms with van der Waals surface area (Å²) in [5.41, 5.74) is 6.78. The third-order valence-electron chi connectivity index (χ3n) is 6.29. The van der Waals surface area contributed by atoms with Crippen LogP contribution < -0.4 is 0 Å². The van der Waals surface area contributed by atoms with Crippen molar-refractivity contribution in [1.29, 1.82) is 5.26 Å². The Hall–Kier alpha value is -5.15. The van der Waals surface area contributed by atoms with Gasteiger partial charge >= 0.3 is 0 Å². The Morgan fingerprint density at radius 3 is 1.89 bits per heavy atom. The molecule has 6 heteroatoms. The topological polar surface area (TPSA) is 87.0 Å². The van der Waals surface area contributed by atoms with Crippen LogP contribution in [0.1, 0.15) is 31.8 Å². The zero-order valence-electron chi connectivity index (χ0n) is 19.1. The summed E-state index contributed by atoms with van der Waals surface area (Å²) < 4.78 is 0. The van der Waals surface area contributed by atoms with Crippen molar-refractivity contribution < 1.29 is 9.59 Å². The number of hydrogen-bond donors (Lipinski definition) is 0. The highest BCUT2D eigenvalue weighted by molar-refractivity contribution is 6.21. The Morgan fingerprint density at radius 2 is 1.25 bits per heavy atom. The van der Waals surface area contributed by atoms with E-state index in [1.807, 2.05) is 60.7 Å². The molecule has 2 amide bonds. The molecular weight excluding hydrogens is 448 g/mol. The van der Waals surface area contributed by atoms with E-state index in [0.29, 0.717) is 33.4 Å². The smallest absolute Gasteiger partial charge is 0.261 e. The van der Waals surface area contributed by atoms with Gasteiger partial charge in [-0.2, -0.15) is 5.26 Å². The average Bonchev–Trinajstić information content (AvgIpc) is 3.18. The van der Waals surface area contributed by atoms with E-state index in [9.17, 15) is 14.9 Å². The van der Waals surface area contributed by atoms with Gasteiger partial charge in [-0.15, -0.1) is 0 Å². The Balaban J connectivity index is 1.38. The van der Waals surface area contributed by atoms with Crippen molar-refractivity contribution in [3.05, 3.63) is 119 Å². The van der Waals surface area contributed by atoms with Crippen molar-refractivity contribution in [2.75, 3.05) is 0 Å². The van der Waals surface area contributed by atoms with E-state index >= 15 is 0 Å². The minimum absolute atomic E-state index is 0.188. The van der Waals surface area contributed by atoms with Gasteiger partial charge < -0.3 is 0 Å². The summed E-state index contributed by atoms with van der Waals surface area (Å²) >= 11 is 0. The van der Waals surface area contributed by atoms with Crippen molar-refractivity contribution in [3.8, 4) is 28.6 Å². The van der Waals surface area contributed by atoms with Crippen LogP contribution in [0.2, 0.25) is 0 Å². The van der Waals surface area contributed by atoms with Crippen molar-refractivity contribution in [1.82, 2.24) is 14.9 Å². The van der Waals surface area contributed by atoms with Crippen molar-refractivity contribution in [2.45, 2.75) is 6.54 Å². The zero-order chi connectivity index (χ0) is 24.6. The molecule has 0 radical (unpaired) electrons. The first kappa shape index (κ1) is 21.4. The normalized spacial score (nSPS) is 12.6. The minimum atomic E-state index is -0.278. The number of rotatable bonds is 4. The van der Waals surface area contributed by atoms with Crippen LogP contribution in [0.15, 0.2) is 97.1 Å². The Morgan fingerprint density at radius 1 is 0.667 bits per heavy atom. The summed E-state index contributed by atoms with van der Waals surface area (Å²) in [6.07, 6.45) is 0. The molecule has 1 aliphatic heterocycles. The lowest BCUT2D eigenvalue weighted by Gasteiger charge is -2.15. The summed E-state index contributed by atoms with van der Waals surface area (Å²) in [5.74, 6) is -0.556. The second-order valence-electron chi connectivity index (χ2n) is 8.54. The molecule has 1 aliphatic rings. The number of amides is 2. The van der Waals surface area contributed by atoms with Crippen LogP contribution in [-0.2, 0) is 6.54 Å². The molecule has 1 aromatic heterocycles. The predicted octanol–water partition coefficient (Wildman–Crippen LogP) is 5.63. The lowest BCUT2D eigenvalue weighted by Crippen LogP contribution is -2.29. The SMILES string of the molecule is N#Cc1ccc2nc(-c3ccccc3)c(-c3ccc(CN4C(=O)c5ccccc5C4=O)cc3)nc2c1. The first-order chi connectivity index (χ1) is 17.6. The van der Waals surface area contributed by atoms with Gasteiger partial charge in [0, 0.05) is 11.1 Å². The van der Waals surface area contributed by atoms with Crippen LogP contribution >= 0.6 is 0 Å². The van der Waals surface area contributed by atoms with E-state index in [-0.39, 0.29) is 18.4 Å². The highest BCUT2D eigenvalue weighted by atomic mass is 16.2. The van der Waals surface area contributed by atoms with Gasteiger partial charge in [0.2, 0.25) is 0 Å². The molecule has 6 rings (SSSR count). The fourth-order valence-corrected chi connectivity index (χ4v) is 4.46. The minimum Gasteiger partial charge on any atom is -0.270 e. The van der Waals surface area contributed by atoms with Crippen LogP contribution in [0, 0.1) is 11.3 Å². The lowest BCUT2D eigenvalue weighted by molar-refractivity contribution is 0.0642. The second-order valence-corrected chi connectivity index (χ2v) is 8.54.